The molecular formula is C15H18O2. The number of carbonyl (C=O) groups is 1. The Bertz CT molecular complexity index is 426. The third-order valence-corrected chi connectivity index (χ3v) is 3.09. The summed E-state index contributed by atoms with van der Waals surface area (Å²) in [6, 6.07) is 7.43. The summed E-state index contributed by atoms with van der Waals surface area (Å²) in [5, 5.41) is 0. The van der Waals surface area contributed by atoms with Crippen molar-refractivity contribution in [1.29, 1.82) is 0 Å². The summed E-state index contributed by atoms with van der Waals surface area (Å²) in [6.07, 6.45) is 6.44. The van der Waals surface area contributed by atoms with E-state index in [1.54, 1.807) is 0 Å². The maximum absolute atomic E-state index is 11.5. The maximum Gasteiger partial charge on any atom is 0.162 e. The minimum atomic E-state index is 0.160. The van der Waals surface area contributed by atoms with Gasteiger partial charge in [0.25, 0.3) is 0 Å². The first-order chi connectivity index (χ1) is 8.29. The van der Waals surface area contributed by atoms with Crippen molar-refractivity contribution in [2.75, 3.05) is 6.61 Å². The van der Waals surface area contributed by atoms with Crippen molar-refractivity contribution in [2.45, 2.75) is 32.6 Å². The highest BCUT2D eigenvalue weighted by molar-refractivity contribution is 5.96. The average molecular weight is 230 g/mol. The lowest BCUT2D eigenvalue weighted by Crippen LogP contribution is -2.02. The zero-order chi connectivity index (χ0) is 12.1. The quantitative estimate of drug-likeness (QED) is 0.568. The number of ether oxygens (including phenoxy) is 1. The highest BCUT2D eigenvalue weighted by atomic mass is 16.5. The van der Waals surface area contributed by atoms with Crippen LogP contribution in [0.2, 0.25) is 0 Å². The van der Waals surface area contributed by atoms with E-state index in [1.165, 1.54) is 24.8 Å². The summed E-state index contributed by atoms with van der Waals surface area (Å²) in [4.78, 5) is 11.5. The molecule has 0 aliphatic heterocycles. The highest BCUT2D eigenvalue weighted by Gasteiger charge is 2.07. The molecule has 0 spiro atoms. The van der Waals surface area contributed by atoms with Crippen molar-refractivity contribution in [3.05, 3.63) is 41.5 Å². The van der Waals surface area contributed by atoms with Gasteiger partial charge in [-0.2, -0.15) is 0 Å². The smallest absolute Gasteiger partial charge is 0.162 e. The van der Waals surface area contributed by atoms with Gasteiger partial charge in [-0.25, -0.2) is 0 Å². The second-order valence-corrected chi connectivity index (χ2v) is 4.33. The predicted octanol–water partition coefficient (Wildman–Crippen LogP) is 3.77. The number of allylic oxidation sites excluding steroid dienone is 1. The Morgan fingerprint density at radius 1 is 1.41 bits per heavy atom. The minimum Gasteiger partial charge on any atom is -0.490 e. The average Bonchev–Trinajstić information content (AvgIpc) is 2.32. The number of hydrogen-bond donors (Lipinski definition) is 0. The molecule has 0 N–H and O–H groups in total. The standard InChI is InChI=1S/C15H18O2/c1-2-15(16)13-7-4-8-14(11-13)17-10-9-12-5-3-6-12/h4,7-9,11H,2-3,5-6,10H2,1H3. The van der Waals surface area contributed by atoms with E-state index >= 15 is 0 Å². The molecule has 1 saturated carbocycles. The van der Waals surface area contributed by atoms with Crippen molar-refractivity contribution in [3.8, 4) is 5.75 Å². The molecule has 0 amide bonds. The topological polar surface area (TPSA) is 26.3 Å². The fourth-order valence-electron chi connectivity index (χ4n) is 1.80. The van der Waals surface area contributed by atoms with Crippen LogP contribution in [-0.4, -0.2) is 12.4 Å². The van der Waals surface area contributed by atoms with Gasteiger partial charge < -0.3 is 4.74 Å². The Morgan fingerprint density at radius 3 is 2.88 bits per heavy atom. The SMILES string of the molecule is CCC(=O)c1cccc(OCC=C2CCC2)c1. The van der Waals surface area contributed by atoms with Gasteiger partial charge in [-0.05, 0) is 37.5 Å². The zero-order valence-electron chi connectivity index (χ0n) is 10.2. The summed E-state index contributed by atoms with van der Waals surface area (Å²) < 4.78 is 5.62. The number of benzene rings is 1. The molecule has 0 bridgehead atoms. The molecule has 0 saturated heterocycles. The monoisotopic (exact) mass is 230 g/mol. The van der Waals surface area contributed by atoms with E-state index in [9.17, 15) is 4.79 Å². The first kappa shape index (κ1) is 11.9. The van der Waals surface area contributed by atoms with Crippen molar-refractivity contribution < 1.29 is 9.53 Å². The number of Topliss-reactive ketones (excluding diaryl/α,β-unsaturated/α-hetero) is 1. The van der Waals surface area contributed by atoms with E-state index in [0.29, 0.717) is 13.0 Å². The molecule has 17 heavy (non-hydrogen) atoms. The van der Waals surface area contributed by atoms with E-state index in [4.69, 9.17) is 4.74 Å². The third-order valence-electron chi connectivity index (χ3n) is 3.09. The molecule has 2 nitrogen and oxygen atoms in total. The highest BCUT2D eigenvalue weighted by Crippen LogP contribution is 2.25. The lowest BCUT2D eigenvalue weighted by atomic mass is 9.92. The molecule has 1 aliphatic rings. The van der Waals surface area contributed by atoms with Crippen LogP contribution in [0.3, 0.4) is 0 Å². The molecule has 1 aromatic carbocycles. The van der Waals surface area contributed by atoms with Crippen LogP contribution < -0.4 is 4.74 Å². The summed E-state index contributed by atoms with van der Waals surface area (Å²) in [7, 11) is 0. The molecule has 90 valence electrons. The fourth-order valence-corrected chi connectivity index (χ4v) is 1.80. The van der Waals surface area contributed by atoms with Crippen molar-refractivity contribution in [3.63, 3.8) is 0 Å². The van der Waals surface area contributed by atoms with Crippen LogP contribution >= 0.6 is 0 Å². The van der Waals surface area contributed by atoms with E-state index < -0.39 is 0 Å². The second-order valence-electron chi connectivity index (χ2n) is 4.33. The van der Waals surface area contributed by atoms with Crippen LogP contribution in [0.5, 0.6) is 5.75 Å². The Balaban J connectivity index is 1.93. The zero-order valence-corrected chi connectivity index (χ0v) is 10.2. The lowest BCUT2D eigenvalue weighted by molar-refractivity contribution is 0.0988. The molecule has 1 aromatic rings. The van der Waals surface area contributed by atoms with Gasteiger partial charge >= 0.3 is 0 Å². The number of ketones is 1. The van der Waals surface area contributed by atoms with Crippen LogP contribution in [-0.2, 0) is 0 Å². The van der Waals surface area contributed by atoms with E-state index in [1.807, 2.05) is 31.2 Å². The molecule has 0 aromatic heterocycles. The first-order valence-corrected chi connectivity index (χ1v) is 6.23. The molecule has 2 heteroatoms. The maximum atomic E-state index is 11.5. The van der Waals surface area contributed by atoms with Crippen LogP contribution in [0, 0.1) is 0 Å². The number of rotatable bonds is 5. The lowest BCUT2D eigenvalue weighted by Gasteiger charge is -2.16. The Morgan fingerprint density at radius 2 is 2.24 bits per heavy atom. The molecule has 1 aliphatic carbocycles. The van der Waals surface area contributed by atoms with E-state index in [0.717, 1.165) is 11.3 Å². The molecule has 0 atom stereocenters. The molecule has 1 fully saturated rings. The molecule has 0 unspecified atom stereocenters. The van der Waals surface area contributed by atoms with Gasteiger partial charge in [0, 0.05) is 12.0 Å². The van der Waals surface area contributed by atoms with Gasteiger partial charge in [0.1, 0.15) is 12.4 Å². The van der Waals surface area contributed by atoms with E-state index in [-0.39, 0.29) is 5.78 Å². The van der Waals surface area contributed by atoms with Gasteiger partial charge in [-0.15, -0.1) is 0 Å². The Hall–Kier alpha value is -1.57. The van der Waals surface area contributed by atoms with Gasteiger partial charge in [0.05, 0.1) is 0 Å². The number of carbonyl (C=O) groups excluding carboxylic acids is 1. The van der Waals surface area contributed by atoms with Crippen molar-refractivity contribution in [1.82, 2.24) is 0 Å². The predicted molar refractivity (Wildman–Crippen MR) is 68.5 cm³/mol. The molecule has 2 rings (SSSR count). The number of hydrogen-bond acceptors (Lipinski definition) is 2. The first-order valence-electron chi connectivity index (χ1n) is 6.23. The molecule has 0 heterocycles. The largest absolute Gasteiger partial charge is 0.490 e. The van der Waals surface area contributed by atoms with Gasteiger partial charge in [0.15, 0.2) is 5.78 Å². The summed E-state index contributed by atoms with van der Waals surface area (Å²) in [6.45, 7) is 2.48. The minimum absolute atomic E-state index is 0.160. The molecule has 0 radical (unpaired) electrons. The van der Waals surface area contributed by atoms with Crippen LogP contribution in [0.1, 0.15) is 43.0 Å². The van der Waals surface area contributed by atoms with Crippen molar-refractivity contribution >= 4 is 5.78 Å². The van der Waals surface area contributed by atoms with Crippen molar-refractivity contribution in [2.24, 2.45) is 0 Å². The van der Waals surface area contributed by atoms with E-state index in [2.05, 4.69) is 6.08 Å². The van der Waals surface area contributed by atoms with Gasteiger partial charge in [0.2, 0.25) is 0 Å². The molecular weight excluding hydrogens is 212 g/mol. The third kappa shape index (κ3) is 3.19. The van der Waals surface area contributed by atoms with Crippen LogP contribution in [0.15, 0.2) is 35.9 Å². The normalized spacial score (nSPS) is 14.1. The van der Waals surface area contributed by atoms with Gasteiger partial charge in [-0.1, -0.05) is 24.6 Å². The van der Waals surface area contributed by atoms with Gasteiger partial charge in [-0.3, -0.25) is 4.79 Å². The van der Waals surface area contributed by atoms with Crippen LogP contribution in [0.4, 0.5) is 0 Å². The Labute approximate surface area is 102 Å². The second kappa shape index (κ2) is 5.67. The summed E-state index contributed by atoms with van der Waals surface area (Å²) >= 11 is 0. The Kier molecular flexibility index (Phi) is 3.97. The van der Waals surface area contributed by atoms with Crippen LogP contribution in [0.25, 0.3) is 0 Å². The summed E-state index contributed by atoms with van der Waals surface area (Å²) in [5.74, 6) is 0.938. The summed E-state index contributed by atoms with van der Waals surface area (Å²) in [5.41, 5.74) is 2.23. The fraction of sp³-hybridized carbons (Fsp3) is 0.400.